The van der Waals surface area contributed by atoms with E-state index in [1.807, 2.05) is 0 Å². The van der Waals surface area contributed by atoms with Gasteiger partial charge < -0.3 is 10.4 Å². The highest BCUT2D eigenvalue weighted by molar-refractivity contribution is 6.34. The van der Waals surface area contributed by atoms with Crippen LogP contribution in [0.4, 0.5) is 0 Å². The predicted molar refractivity (Wildman–Crippen MR) is 82.5 cm³/mol. The number of hydrogen-bond donors (Lipinski definition) is 2. The van der Waals surface area contributed by atoms with Gasteiger partial charge in [0.1, 0.15) is 0 Å². The molecule has 6 heteroatoms. The molecule has 1 aromatic rings. The van der Waals surface area contributed by atoms with Gasteiger partial charge >= 0.3 is 5.97 Å². The molecule has 0 radical (unpaired) electrons. The highest BCUT2D eigenvalue weighted by Gasteiger charge is 2.39. The number of carboxylic acid groups (broad SMARTS) is 1. The Bertz CT molecular complexity index is 595. The molecule has 1 aliphatic rings. The molecule has 0 saturated heterocycles. The molecule has 2 N–H and O–H groups in total. The van der Waals surface area contributed by atoms with Crippen molar-refractivity contribution < 1.29 is 14.7 Å². The van der Waals surface area contributed by atoms with E-state index in [1.165, 1.54) is 6.08 Å². The van der Waals surface area contributed by atoms with Crippen LogP contribution in [0, 0.1) is 0 Å². The van der Waals surface area contributed by atoms with Crippen LogP contribution in [-0.2, 0) is 9.59 Å². The fourth-order valence-corrected chi connectivity index (χ4v) is 2.71. The van der Waals surface area contributed by atoms with Crippen molar-refractivity contribution in [1.29, 1.82) is 0 Å². The molecule has 1 fully saturated rings. The standard InChI is InChI=1S/C15H15Cl2NO3/c16-11-3-4-12(17)10(8-11)2-5-13(19)18-15(6-1-7-15)9-14(20)21/h2-5,8H,1,6-7,9H2,(H,18,19)(H,20,21). The summed E-state index contributed by atoms with van der Waals surface area (Å²) in [6.07, 6.45) is 5.17. The highest BCUT2D eigenvalue weighted by atomic mass is 35.5. The number of carbonyl (C=O) groups excluding carboxylic acids is 1. The summed E-state index contributed by atoms with van der Waals surface area (Å²) in [5.74, 6) is -1.23. The molecule has 0 spiro atoms. The molecule has 0 bridgehead atoms. The lowest BCUT2D eigenvalue weighted by atomic mass is 9.74. The molecule has 2 rings (SSSR count). The number of carboxylic acids is 1. The Morgan fingerprint density at radius 3 is 2.62 bits per heavy atom. The molecule has 1 aliphatic carbocycles. The van der Waals surface area contributed by atoms with Gasteiger partial charge in [-0.3, -0.25) is 9.59 Å². The van der Waals surface area contributed by atoms with Gasteiger partial charge in [0, 0.05) is 16.1 Å². The third kappa shape index (κ3) is 4.22. The van der Waals surface area contributed by atoms with E-state index in [2.05, 4.69) is 5.32 Å². The summed E-state index contributed by atoms with van der Waals surface area (Å²) in [7, 11) is 0. The number of amides is 1. The van der Waals surface area contributed by atoms with E-state index in [0.717, 1.165) is 6.42 Å². The van der Waals surface area contributed by atoms with Crippen molar-refractivity contribution in [2.45, 2.75) is 31.2 Å². The Labute approximate surface area is 132 Å². The molecule has 4 nitrogen and oxygen atoms in total. The maximum absolute atomic E-state index is 11.9. The van der Waals surface area contributed by atoms with Gasteiger partial charge in [-0.15, -0.1) is 0 Å². The first kappa shape index (κ1) is 15.9. The fraction of sp³-hybridized carbons (Fsp3) is 0.333. The topological polar surface area (TPSA) is 66.4 Å². The molecule has 0 heterocycles. The maximum Gasteiger partial charge on any atom is 0.305 e. The lowest BCUT2D eigenvalue weighted by molar-refractivity contribution is -0.140. The van der Waals surface area contributed by atoms with Crippen LogP contribution in [0.15, 0.2) is 24.3 Å². The number of aliphatic carboxylic acids is 1. The fourth-order valence-electron chi connectivity index (χ4n) is 2.35. The average molecular weight is 328 g/mol. The van der Waals surface area contributed by atoms with Crippen molar-refractivity contribution in [1.82, 2.24) is 5.32 Å². The number of halogens is 2. The van der Waals surface area contributed by atoms with Gasteiger partial charge in [-0.05, 0) is 49.1 Å². The normalized spacial score (nSPS) is 16.5. The van der Waals surface area contributed by atoms with Gasteiger partial charge in [0.05, 0.1) is 12.0 Å². The second-order valence-electron chi connectivity index (χ2n) is 5.19. The number of hydrogen-bond acceptors (Lipinski definition) is 2. The van der Waals surface area contributed by atoms with Gasteiger partial charge in [-0.1, -0.05) is 23.2 Å². The maximum atomic E-state index is 11.9. The van der Waals surface area contributed by atoms with E-state index in [9.17, 15) is 9.59 Å². The van der Waals surface area contributed by atoms with E-state index < -0.39 is 11.5 Å². The number of nitrogens with one attached hydrogen (secondary N) is 1. The Morgan fingerprint density at radius 1 is 1.33 bits per heavy atom. The molecular weight excluding hydrogens is 313 g/mol. The Kier molecular flexibility index (Phi) is 4.91. The number of carbonyl (C=O) groups is 2. The summed E-state index contributed by atoms with van der Waals surface area (Å²) in [6, 6.07) is 4.97. The van der Waals surface area contributed by atoms with Gasteiger partial charge in [-0.25, -0.2) is 0 Å². The Balaban J connectivity index is 2.02. The highest BCUT2D eigenvalue weighted by Crippen LogP contribution is 2.34. The molecule has 1 saturated carbocycles. The van der Waals surface area contributed by atoms with E-state index >= 15 is 0 Å². The summed E-state index contributed by atoms with van der Waals surface area (Å²) in [5.41, 5.74) is 0.0333. The van der Waals surface area contributed by atoms with Crippen molar-refractivity contribution in [2.24, 2.45) is 0 Å². The zero-order valence-electron chi connectivity index (χ0n) is 11.2. The molecule has 0 unspecified atom stereocenters. The molecular formula is C15H15Cl2NO3. The summed E-state index contributed by atoms with van der Waals surface area (Å²) >= 11 is 11.9. The van der Waals surface area contributed by atoms with E-state index in [-0.39, 0.29) is 12.3 Å². The zero-order valence-corrected chi connectivity index (χ0v) is 12.7. The SMILES string of the molecule is O=C(O)CC1(NC(=O)C=Cc2cc(Cl)ccc2Cl)CCC1. The van der Waals surface area contributed by atoms with Crippen LogP contribution in [0.3, 0.4) is 0 Å². The van der Waals surface area contributed by atoms with Gasteiger partial charge in [0.25, 0.3) is 0 Å². The van der Waals surface area contributed by atoms with Crippen molar-refractivity contribution in [3.05, 3.63) is 39.9 Å². The molecule has 1 aromatic carbocycles. The number of benzene rings is 1. The van der Waals surface area contributed by atoms with Crippen molar-refractivity contribution >= 4 is 41.2 Å². The van der Waals surface area contributed by atoms with Crippen LogP contribution in [0.1, 0.15) is 31.2 Å². The molecule has 21 heavy (non-hydrogen) atoms. The van der Waals surface area contributed by atoms with Crippen LogP contribution < -0.4 is 5.32 Å². The first-order valence-electron chi connectivity index (χ1n) is 6.57. The number of rotatable bonds is 5. The first-order chi connectivity index (χ1) is 9.90. The Morgan fingerprint density at radius 2 is 2.05 bits per heavy atom. The van der Waals surface area contributed by atoms with Crippen molar-refractivity contribution in [2.75, 3.05) is 0 Å². The lowest BCUT2D eigenvalue weighted by Crippen LogP contribution is -2.54. The Hall–Kier alpha value is -1.52. The van der Waals surface area contributed by atoms with Crippen molar-refractivity contribution in [3.8, 4) is 0 Å². The van der Waals surface area contributed by atoms with Gasteiger partial charge in [0.15, 0.2) is 0 Å². The van der Waals surface area contributed by atoms with Gasteiger partial charge in [0.2, 0.25) is 5.91 Å². The van der Waals surface area contributed by atoms with E-state index in [0.29, 0.717) is 28.5 Å². The minimum atomic E-state index is -0.906. The summed E-state index contributed by atoms with van der Waals surface area (Å²) in [5, 5.41) is 12.7. The minimum Gasteiger partial charge on any atom is -0.481 e. The van der Waals surface area contributed by atoms with E-state index in [1.54, 1.807) is 24.3 Å². The average Bonchev–Trinajstić information content (AvgIpc) is 2.36. The minimum absolute atomic E-state index is 0.0511. The molecule has 0 aromatic heterocycles. The summed E-state index contributed by atoms with van der Waals surface area (Å²) < 4.78 is 0. The third-order valence-corrected chi connectivity index (χ3v) is 4.14. The largest absolute Gasteiger partial charge is 0.481 e. The molecule has 112 valence electrons. The van der Waals surface area contributed by atoms with Crippen LogP contribution in [0.25, 0.3) is 6.08 Å². The van der Waals surface area contributed by atoms with E-state index in [4.69, 9.17) is 28.3 Å². The smallest absolute Gasteiger partial charge is 0.305 e. The van der Waals surface area contributed by atoms with Gasteiger partial charge in [-0.2, -0.15) is 0 Å². The second kappa shape index (κ2) is 6.50. The van der Waals surface area contributed by atoms with Crippen LogP contribution in [0.5, 0.6) is 0 Å². The first-order valence-corrected chi connectivity index (χ1v) is 7.33. The van der Waals surface area contributed by atoms with Crippen molar-refractivity contribution in [3.63, 3.8) is 0 Å². The molecule has 0 atom stereocenters. The molecule has 0 aliphatic heterocycles. The third-order valence-electron chi connectivity index (χ3n) is 3.56. The quantitative estimate of drug-likeness (QED) is 0.813. The van der Waals surface area contributed by atoms with Crippen LogP contribution in [-0.4, -0.2) is 22.5 Å². The van der Waals surface area contributed by atoms with Crippen LogP contribution in [0.2, 0.25) is 10.0 Å². The summed E-state index contributed by atoms with van der Waals surface area (Å²) in [6.45, 7) is 0. The lowest BCUT2D eigenvalue weighted by Gasteiger charge is -2.41. The predicted octanol–water partition coefficient (Wildman–Crippen LogP) is 3.52. The van der Waals surface area contributed by atoms with Crippen LogP contribution >= 0.6 is 23.2 Å². The second-order valence-corrected chi connectivity index (χ2v) is 6.04. The zero-order chi connectivity index (χ0) is 15.5. The summed E-state index contributed by atoms with van der Waals surface area (Å²) in [4.78, 5) is 22.8. The molecule has 1 amide bonds. The monoisotopic (exact) mass is 327 g/mol.